The summed E-state index contributed by atoms with van der Waals surface area (Å²) in [5.74, 6) is -1.17. The number of hydrogen-bond acceptors (Lipinski definition) is 11. The smallest absolute Gasteiger partial charge is 0.412 e. The number of alkyl halides is 1. The third-order valence-electron chi connectivity index (χ3n) is 10.4. The number of hydrogen-bond donors (Lipinski definition) is 1. The van der Waals surface area contributed by atoms with Crippen LogP contribution in [0.4, 0.5) is 33.6 Å². The Bertz CT molecular complexity index is 2290. The van der Waals surface area contributed by atoms with Gasteiger partial charge in [-0.05, 0) is 91.8 Å². The SMILES string of the molecule is C[C@@H](CN1CCC(F)CC1)Oc1nc(N2CC3CCC(C2)N3C(=O)OC(C)(C)C)c2cc(Cl)c(-c3ccc(F)c4sc(NC(=O)OC(C)(C)C)c(C#N)c34)c(F)c2n1. The number of carbonyl (C=O) groups is 2. The number of aromatic nitrogens is 2. The topological polar surface area (TPSA) is 133 Å². The number of nitrogens with one attached hydrogen (secondary N) is 1. The number of anilines is 2. The molecule has 3 aliphatic rings. The van der Waals surface area contributed by atoms with Gasteiger partial charge in [0.15, 0.2) is 5.82 Å². The van der Waals surface area contributed by atoms with Crippen LogP contribution in [-0.4, -0.2) is 100 Å². The van der Waals surface area contributed by atoms with Gasteiger partial charge in [0, 0.05) is 49.1 Å². The molecule has 12 nitrogen and oxygen atoms in total. The number of fused-ring (bicyclic) bond motifs is 4. The lowest BCUT2D eigenvalue weighted by Gasteiger charge is -2.42. The molecule has 0 aliphatic carbocycles. The molecular weight excluding hydrogens is 795 g/mol. The molecule has 2 unspecified atom stereocenters. The molecule has 5 heterocycles. The predicted octanol–water partition coefficient (Wildman–Crippen LogP) is 9.45. The van der Waals surface area contributed by atoms with Gasteiger partial charge in [0.05, 0.1) is 27.4 Å². The second-order valence-electron chi connectivity index (χ2n) is 17.2. The van der Waals surface area contributed by atoms with Gasteiger partial charge in [0.2, 0.25) is 0 Å². The summed E-state index contributed by atoms with van der Waals surface area (Å²) >= 11 is 7.80. The van der Waals surface area contributed by atoms with E-state index in [9.17, 15) is 19.2 Å². The van der Waals surface area contributed by atoms with Crippen LogP contribution in [0.3, 0.4) is 0 Å². The number of ether oxygens (including phenoxy) is 3. The number of likely N-dealkylation sites (tertiary alicyclic amines) is 1. The van der Waals surface area contributed by atoms with E-state index in [0.717, 1.165) is 30.2 Å². The maximum Gasteiger partial charge on any atom is 0.412 e. The van der Waals surface area contributed by atoms with Crippen LogP contribution in [0.15, 0.2) is 18.2 Å². The van der Waals surface area contributed by atoms with Gasteiger partial charge in [-0.25, -0.2) is 22.8 Å². The van der Waals surface area contributed by atoms with Gasteiger partial charge in [0.1, 0.15) is 51.7 Å². The first-order valence-corrected chi connectivity index (χ1v) is 20.6. The molecule has 3 fully saturated rings. The lowest BCUT2D eigenvalue weighted by Crippen LogP contribution is -2.57. The molecule has 2 amide bonds. The van der Waals surface area contributed by atoms with E-state index >= 15 is 8.78 Å². The molecule has 3 saturated heterocycles. The number of piperazine rings is 1. The highest BCUT2D eigenvalue weighted by Gasteiger charge is 2.45. The second kappa shape index (κ2) is 15.9. The van der Waals surface area contributed by atoms with Crippen LogP contribution >= 0.6 is 22.9 Å². The van der Waals surface area contributed by atoms with Gasteiger partial charge < -0.3 is 19.1 Å². The molecule has 0 spiro atoms. The Morgan fingerprint density at radius 3 is 2.31 bits per heavy atom. The monoisotopic (exact) mass is 841 g/mol. The van der Waals surface area contributed by atoms with Crippen LogP contribution in [0.5, 0.6) is 6.01 Å². The number of piperidine rings is 1. The van der Waals surface area contributed by atoms with E-state index in [-0.39, 0.29) is 71.9 Å². The minimum absolute atomic E-state index is 0.00650. The van der Waals surface area contributed by atoms with Crippen molar-refractivity contribution in [3.63, 3.8) is 0 Å². The number of nitriles is 1. The van der Waals surface area contributed by atoms with Crippen molar-refractivity contribution in [2.75, 3.05) is 42.9 Å². The molecular formula is C41H47ClF3N7O5S. The summed E-state index contributed by atoms with van der Waals surface area (Å²) in [6.45, 7) is 14.7. The minimum Gasteiger partial charge on any atom is -0.459 e. The summed E-state index contributed by atoms with van der Waals surface area (Å²) in [7, 11) is 0. The molecule has 4 aromatic rings. The van der Waals surface area contributed by atoms with Crippen molar-refractivity contribution >= 4 is 66.9 Å². The Labute approximate surface area is 344 Å². The highest BCUT2D eigenvalue weighted by Crippen LogP contribution is 2.47. The quantitative estimate of drug-likeness (QED) is 0.192. The van der Waals surface area contributed by atoms with E-state index < -0.39 is 41.2 Å². The third-order valence-corrected chi connectivity index (χ3v) is 11.8. The maximum absolute atomic E-state index is 17.4. The largest absolute Gasteiger partial charge is 0.459 e. The first-order valence-electron chi connectivity index (χ1n) is 19.4. The van der Waals surface area contributed by atoms with Crippen LogP contribution in [0, 0.1) is 23.0 Å². The third kappa shape index (κ3) is 8.58. The molecule has 3 aliphatic heterocycles. The fourth-order valence-corrected chi connectivity index (χ4v) is 9.39. The van der Waals surface area contributed by atoms with Crippen LogP contribution in [0.1, 0.15) is 79.7 Å². The van der Waals surface area contributed by atoms with E-state index in [0.29, 0.717) is 51.4 Å². The number of halogens is 4. The summed E-state index contributed by atoms with van der Waals surface area (Å²) in [6, 6.07) is 5.61. The molecule has 310 valence electrons. The molecule has 1 N–H and O–H groups in total. The zero-order valence-electron chi connectivity index (χ0n) is 33.6. The van der Waals surface area contributed by atoms with Crippen molar-refractivity contribution in [1.29, 1.82) is 5.26 Å². The molecule has 17 heteroatoms. The van der Waals surface area contributed by atoms with Gasteiger partial charge in [-0.3, -0.25) is 15.1 Å². The van der Waals surface area contributed by atoms with Crippen molar-refractivity contribution in [2.45, 2.75) is 110 Å². The van der Waals surface area contributed by atoms with Gasteiger partial charge in [-0.15, -0.1) is 11.3 Å². The minimum atomic E-state index is -0.853. The molecule has 2 aromatic heterocycles. The van der Waals surface area contributed by atoms with Crippen molar-refractivity contribution < 1.29 is 37.0 Å². The zero-order chi connectivity index (χ0) is 41.8. The number of nitrogens with zero attached hydrogens (tertiary/aromatic N) is 6. The molecule has 0 radical (unpaired) electrons. The van der Waals surface area contributed by atoms with Crippen molar-refractivity contribution in [3.05, 3.63) is 40.4 Å². The Kier molecular flexibility index (Phi) is 11.4. The highest BCUT2D eigenvalue weighted by molar-refractivity contribution is 7.23. The Hall–Kier alpha value is -4.59. The first kappa shape index (κ1) is 41.6. The highest BCUT2D eigenvalue weighted by atomic mass is 35.5. The standard InChI is InChI=1S/C41H47ClF3N7O5S/c1-21(18-50-14-12-22(43)13-15-50)55-37-47-33-26(35(48-37)51-19-23-8-9-24(20-51)52(23)39(54)57-41(5,6)7)16-28(42)31(32(33)45)25-10-11-29(44)34-30(25)27(17-46)36(58-34)49-38(53)56-40(2,3)4/h10-11,16,21-24H,8-9,12-15,18-20H2,1-7H3,(H,49,53)/t21-,23?,24?/m0/s1. The van der Waals surface area contributed by atoms with Crippen LogP contribution in [-0.2, 0) is 9.47 Å². The summed E-state index contributed by atoms with van der Waals surface area (Å²) in [5.41, 5.74) is -1.74. The number of rotatable bonds is 7. The van der Waals surface area contributed by atoms with E-state index in [2.05, 4.69) is 21.3 Å². The van der Waals surface area contributed by atoms with E-state index in [4.69, 9.17) is 30.8 Å². The average Bonchev–Trinajstić information content (AvgIpc) is 3.62. The summed E-state index contributed by atoms with van der Waals surface area (Å²) in [4.78, 5) is 41.3. The Morgan fingerprint density at radius 1 is 1.03 bits per heavy atom. The lowest BCUT2D eigenvalue weighted by atomic mass is 9.97. The van der Waals surface area contributed by atoms with Gasteiger partial charge >= 0.3 is 18.2 Å². The zero-order valence-corrected chi connectivity index (χ0v) is 35.1. The van der Waals surface area contributed by atoms with Crippen molar-refractivity contribution in [2.24, 2.45) is 0 Å². The Balaban J connectivity index is 1.32. The van der Waals surface area contributed by atoms with E-state index in [1.54, 1.807) is 31.7 Å². The van der Waals surface area contributed by atoms with Crippen LogP contribution < -0.4 is 15.0 Å². The summed E-state index contributed by atoms with van der Waals surface area (Å²) < 4.78 is 64.2. The molecule has 2 bridgehead atoms. The van der Waals surface area contributed by atoms with Crippen LogP contribution in [0.25, 0.3) is 32.1 Å². The van der Waals surface area contributed by atoms with Crippen molar-refractivity contribution in [1.82, 2.24) is 19.8 Å². The number of amides is 2. The molecule has 3 atom stereocenters. The van der Waals surface area contributed by atoms with Gasteiger partial charge in [-0.1, -0.05) is 17.7 Å². The normalized spacial score (nSPS) is 19.7. The van der Waals surface area contributed by atoms with Crippen LogP contribution in [0.2, 0.25) is 5.02 Å². The Morgan fingerprint density at radius 2 is 1.69 bits per heavy atom. The molecule has 2 aromatic carbocycles. The molecule has 7 rings (SSSR count). The van der Waals surface area contributed by atoms with Gasteiger partial charge in [0.25, 0.3) is 0 Å². The maximum atomic E-state index is 17.4. The average molecular weight is 842 g/mol. The second-order valence-corrected chi connectivity index (χ2v) is 18.6. The predicted molar refractivity (Wildman–Crippen MR) is 218 cm³/mol. The number of benzene rings is 2. The fraction of sp³-hybridized carbons (Fsp3) is 0.537. The molecule has 58 heavy (non-hydrogen) atoms. The first-order chi connectivity index (χ1) is 27.3. The lowest BCUT2D eigenvalue weighted by molar-refractivity contribution is 0.0122. The molecule has 0 saturated carbocycles. The number of thiophene rings is 1. The fourth-order valence-electron chi connectivity index (χ4n) is 8.03. The number of carbonyl (C=O) groups excluding carboxylic acids is 2. The van der Waals surface area contributed by atoms with Gasteiger partial charge in [-0.2, -0.15) is 15.2 Å². The summed E-state index contributed by atoms with van der Waals surface area (Å²) in [6.07, 6.45) is -0.162. The van der Waals surface area contributed by atoms with Crippen molar-refractivity contribution in [3.8, 4) is 23.2 Å². The summed E-state index contributed by atoms with van der Waals surface area (Å²) in [5, 5.41) is 13.2. The van der Waals surface area contributed by atoms with E-state index in [1.807, 2.05) is 32.6 Å². The van der Waals surface area contributed by atoms with E-state index in [1.165, 1.54) is 6.07 Å².